The number of ether oxygens (including phenoxy) is 1. The van der Waals surface area contributed by atoms with Gasteiger partial charge in [-0.25, -0.2) is 4.79 Å². The molecule has 0 amide bonds. The Labute approximate surface area is 191 Å². The van der Waals surface area contributed by atoms with Gasteiger partial charge in [0.25, 0.3) is 5.56 Å². The maximum absolute atomic E-state index is 13.5. The number of phenolic OH excluding ortho intramolecular Hbond substituents is 1. The Balaban J connectivity index is 2.00. The Hall–Kier alpha value is -3.58. The molecule has 0 bridgehead atoms. The first-order chi connectivity index (χ1) is 15.6. The van der Waals surface area contributed by atoms with Crippen molar-refractivity contribution < 1.29 is 9.84 Å². The zero-order valence-electron chi connectivity index (χ0n) is 19.4. The summed E-state index contributed by atoms with van der Waals surface area (Å²) in [6.07, 6.45) is -0.502. The fourth-order valence-corrected chi connectivity index (χ4v) is 4.88. The molecule has 3 heterocycles. The van der Waals surface area contributed by atoms with E-state index in [1.165, 1.54) is 7.05 Å². The van der Waals surface area contributed by atoms with Crippen molar-refractivity contribution >= 4 is 10.9 Å². The molecule has 0 fully saturated rings. The summed E-state index contributed by atoms with van der Waals surface area (Å²) in [6.45, 7) is 6.59. The van der Waals surface area contributed by atoms with Gasteiger partial charge < -0.3 is 14.4 Å². The quantitative estimate of drug-likeness (QED) is 0.512. The van der Waals surface area contributed by atoms with Gasteiger partial charge in [0, 0.05) is 14.1 Å². The SMILES string of the molecule is Cc1ccc(-c2c3c(=O)n(C)c(=O)n(C)c3c3n2C(C)(C)CO[C@@H]3c2ccc(O)cc2)cc1. The lowest BCUT2D eigenvalue weighted by Crippen LogP contribution is -2.40. The van der Waals surface area contributed by atoms with E-state index in [4.69, 9.17) is 4.74 Å². The lowest BCUT2D eigenvalue weighted by atomic mass is 9.98. The number of nitrogens with zero attached hydrogens (tertiary/aromatic N) is 3. The van der Waals surface area contributed by atoms with Gasteiger partial charge >= 0.3 is 5.69 Å². The van der Waals surface area contributed by atoms with Crippen molar-refractivity contribution in [3.8, 4) is 17.0 Å². The van der Waals surface area contributed by atoms with Crippen molar-refractivity contribution in [3.63, 3.8) is 0 Å². The predicted octanol–water partition coefficient (Wildman–Crippen LogP) is 3.57. The van der Waals surface area contributed by atoms with E-state index in [-0.39, 0.29) is 17.0 Å². The van der Waals surface area contributed by atoms with Gasteiger partial charge in [-0.1, -0.05) is 42.0 Å². The molecule has 1 aliphatic rings. The Morgan fingerprint density at radius 1 is 0.970 bits per heavy atom. The van der Waals surface area contributed by atoms with Crippen LogP contribution in [0, 0.1) is 6.92 Å². The number of hydrogen-bond acceptors (Lipinski definition) is 4. The van der Waals surface area contributed by atoms with E-state index in [9.17, 15) is 14.7 Å². The first-order valence-electron chi connectivity index (χ1n) is 10.9. The van der Waals surface area contributed by atoms with Crippen LogP contribution in [0.15, 0.2) is 58.1 Å². The average molecular weight is 446 g/mol. The molecule has 7 nitrogen and oxygen atoms in total. The molecule has 1 atom stereocenters. The van der Waals surface area contributed by atoms with Crippen LogP contribution < -0.4 is 11.2 Å². The van der Waals surface area contributed by atoms with Crippen LogP contribution in [0.25, 0.3) is 22.2 Å². The third-order valence-corrected chi connectivity index (χ3v) is 6.59. The van der Waals surface area contributed by atoms with Crippen molar-refractivity contribution in [2.45, 2.75) is 32.4 Å². The average Bonchev–Trinajstić information content (AvgIpc) is 3.15. The fourth-order valence-electron chi connectivity index (χ4n) is 4.88. The third-order valence-electron chi connectivity index (χ3n) is 6.59. The van der Waals surface area contributed by atoms with Gasteiger partial charge in [0.05, 0.1) is 34.4 Å². The van der Waals surface area contributed by atoms with Crippen LogP contribution in [0.5, 0.6) is 5.75 Å². The fraction of sp³-hybridized carbons (Fsp3) is 0.308. The van der Waals surface area contributed by atoms with E-state index in [1.54, 1.807) is 23.7 Å². The molecule has 0 radical (unpaired) electrons. The number of fused-ring (bicyclic) bond motifs is 3. The van der Waals surface area contributed by atoms with Crippen LogP contribution in [0.1, 0.15) is 36.8 Å². The number of aromatic hydroxyl groups is 1. The summed E-state index contributed by atoms with van der Waals surface area (Å²) in [7, 11) is 3.21. The Kier molecular flexibility index (Phi) is 4.65. The van der Waals surface area contributed by atoms with Crippen LogP contribution >= 0.6 is 0 Å². The maximum atomic E-state index is 13.5. The van der Waals surface area contributed by atoms with Gasteiger partial charge in [0.2, 0.25) is 0 Å². The normalized spacial score (nSPS) is 17.3. The number of aromatic nitrogens is 3. The standard InChI is InChI=1S/C26H27N3O4/c1-15-6-8-16(9-7-15)20-19-21(27(4)25(32)28(5)24(19)31)22-23(17-10-12-18(30)13-11-17)33-14-26(2,3)29(20)22/h6-13,23,30H,14H2,1-5H3/t23-/m1/s1. The van der Waals surface area contributed by atoms with E-state index in [0.717, 1.165) is 32.6 Å². The first-order valence-corrected chi connectivity index (χ1v) is 10.9. The molecule has 33 heavy (non-hydrogen) atoms. The summed E-state index contributed by atoms with van der Waals surface area (Å²) in [4.78, 5) is 26.5. The van der Waals surface area contributed by atoms with Gasteiger partial charge in [-0.3, -0.25) is 13.9 Å². The van der Waals surface area contributed by atoms with Gasteiger partial charge in [-0.15, -0.1) is 0 Å². The molecule has 0 saturated heterocycles. The molecule has 4 aromatic rings. The highest BCUT2D eigenvalue weighted by Crippen LogP contribution is 2.45. The monoisotopic (exact) mass is 445 g/mol. The minimum absolute atomic E-state index is 0.164. The van der Waals surface area contributed by atoms with Gasteiger partial charge in [0.1, 0.15) is 11.9 Å². The highest BCUT2D eigenvalue weighted by atomic mass is 16.5. The van der Waals surface area contributed by atoms with Crippen molar-refractivity contribution in [1.82, 2.24) is 13.7 Å². The van der Waals surface area contributed by atoms with Crippen LogP contribution in [0.2, 0.25) is 0 Å². The Morgan fingerprint density at radius 3 is 2.24 bits per heavy atom. The van der Waals surface area contributed by atoms with Gasteiger partial charge in [0.15, 0.2) is 0 Å². The molecule has 2 aromatic carbocycles. The summed E-state index contributed by atoms with van der Waals surface area (Å²) in [5, 5.41) is 10.3. The zero-order valence-corrected chi connectivity index (χ0v) is 19.4. The topological polar surface area (TPSA) is 78.4 Å². The summed E-state index contributed by atoms with van der Waals surface area (Å²) >= 11 is 0. The Morgan fingerprint density at radius 2 is 1.61 bits per heavy atom. The minimum atomic E-state index is -0.502. The molecule has 2 aromatic heterocycles. The van der Waals surface area contributed by atoms with Crippen LogP contribution in [0.3, 0.4) is 0 Å². The van der Waals surface area contributed by atoms with Crippen LogP contribution in [0.4, 0.5) is 0 Å². The lowest BCUT2D eigenvalue weighted by molar-refractivity contribution is -0.00708. The smallest absolute Gasteiger partial charge is 0.331 e. The number of rotatable bonds is 2. The molecular weight excluding hydrogens is 418 g/mol. The second-order valence-corrected chi connectivity index (χ2v) is 9.46. The maximum Gasteiger partial charge on any atom is 0.331 e. The number of phenols is 1. The molecule has 7 heteroatoms. The van der Waals surface area contributed by atoms with Gasteiger partial charge in [-0.2, -0.15) is 0 Å². The molecule has 1 N–H and O–H groups in total. The minimum Gasteiger partial charge on any atom is -0.508 e. The molecule has 1 aliphatic heterocycles. The third kappa shape index (κ3) is 3.07. The molecule has 0 saturated carbocycles. The van der Waals surface area contributed by atoms with E-state index in [0.29, 0.717) is 17.5 Å². The first kappa shape index (κ1) is 21.3. The van der Waals surface area contributed by atoms with Crippen LogP contribution in [-0.4, -0.2) is 25.4 Å². The summed E-state index contributed by atoms with van der Waals surface area (Å²) in [5.74, 6) is 0.164. The molecule has 0 unspecified atom stereocenters. The van der Waals surface area contributed by atoms with Gasteiger partial charge in [-0.05, 0) is 44.0 Å². The van der Waals surface area contributed by atoms with Crippen molar-refractivity contribution in [2.24, 2.45) is 14.1 Å². The van der Waals surface area contributed by atoms with E-state index >= 15 is 0 Å². The van der Waals surface area contributed by atoms with Crippen LogP contribution in [-0.2, 0) is 24.4 Å². The van der Waals surface area contributed by atoms with Crippen molar-refractivity contribution in [2.75, 3.05) is 6.61 Å². The largest absolute Gasteiger partial charge is 0.508 e. The second kappa shape index (κ2) is 7.22. The van der Waals surface area contributed by atoms with Crippen molar-refractivity contribution in [1.29, 1.82) is 0 Å². The Bertz CT molecular complexity index is 1500. The van der Waals surface area contributed by atoms with E-state index in [2.05, 4.69) is 18.4 Å². The van der Waals surface area contributed by atoms with E-state index < -0.39 is 11.6 Å². The number of benzene rings is 2. The summed E-state index contributed by atoms with van der Waals surface area (Å²) < 4.78 is 11.2. The molecule has 0 aliphatic carbocycles. The molecule has 0 spiro atoms. The number of hydrogen-bond donors (Lipinski definition) is 1. The molecule has 5 rings (SSSR count). The summed E-state index contributed by atoms with van der Waals surface area (Å²) in [6, 6.07) is 14.9. The molecule has 170 valence electrons. The summed E-state index contributed by atoms with van der Waals surface area (Å²) in [5.41, 5.74) is 3.81. The highest BCUT2D eigenvalue weighted by Gasteiger charge is 2.40. The predicted molar refractivity (Wildman–Crippen MR) is 128 cm³/mol. The highest BCUT2D eigenvalue weighted by molar-refractivity contribution is 5.96. The van der Waals surface area contributed by atoms with E-state index in [1.807, 2.05) is 43.3 Å². The zero-order chi connectivity index (χ0) is 23.7. The second-order valence-electron chi connectivity index (χ2n) is 9.46. The number of aryl methyl sites for hydroxylation is 2. The lowest BCUT2D eigenvalue weighted by Gasteiger charge is -2.39. The molecular formula is C26H27N3O4. The van der Waals surface area contributed by atoms with Crippen molar-refractivity contribution in [3.05, 3.63) is 86.2 Å².